The summed E-state index contributed by atoms with van der Waals surface area (Å²) in [4.78, 5) is 8.23. The zero-order chi connectivity index (χ0) is 12.3. The minimum absolute atomic E-state index is 0.316. The van der Waals surface area contributed by atoms with Crippen molar-refractivity contribution in [3.05, 3.63) is 57.6 Å². The van der Waals surface area contributed by atoms with Crippen LogP contribution in [-0.2, 0) is 12.8 Å². The molecule has 0 aliphatic carbocycles. The second-order valence-electron chi connectivity index (χ2n) is 3.90. The lowest BCUT2D eigenvalue weighted by Crippen LogP contribution is -1.97. The zero-order valence-electron chi connectivity index (χ0n) is 9.45. The highest BCUT2D eigenvalue weighted by Gasteiger charge is 2.01. The maximum atomic E-state index is 5.83. The van der Waals surface area contributed by atoms with Gasteiger partial charge in [-0.2, -0.15) is 0 Å². The molecule has 0 amide bonds. The first-order valence-electron chi connectivity index (χ1n) is 5.38. The van der Waals surface area contributed by atoms with Crippen molar-refractivity contribution in [1.82, 2.24) is 9.97 Å². The van der Waals surface area contributed by atoms with Crippen LogP contribution in [0.25, 0.3) is 0 Å². The molecule has 2 nitrogen and oxygen atoms in total. The number of halogens is 2. The highest BCUT2D eigenvalue weighted by atomic mass is 35.5. The van der Waals surface area contributed by atoms with Crippen LogP contribution in [0.3, 0.4) is 0 Å². The fraction of sp³-hybridized carbons (Fsp3) is 0.231. The molecule has 0 bridgehead atoms. The molecule has 0 unspecified atom stereocenters. The minimum atomic E-state index is 0.316. The van der Waals surface area contributed by atoms with Crippen LogP contribution in [0.15, 0.2) is 30.3 Å². The Labute approximate surface area is 111 Å². The Kier molecular flexibility index (Phi) is 3.97. The third kappa shape index (κ3) is 3.69. The van der Waals surface area contributed by atoms with Gasteiger partial charge in [-0.1, -0.05) is 23.7 Å². The number of rotatable bonds is 3. The van der Waals surface area contributed by atoms with Gasteiger partial charge in [0, 0.05) is 16.4 Å². The van der Waals surface area contributed by atoms with Crippen LogP contribution in [0.2, 0.25) is 10.3 Å². The van der Waals surface area contributed by atoms with E-state index in [2.05, 4.69) is 9.97 Å². The van der Waals surface area contributed by atoms with Crippen LogP contribution in [0.1, 0.15) is 17.0 Å². The summed E-state index contributed by atoms with van der Waals surface area (Å²) in [5.74, 6) is 0. The van der Waals surface area contributed by atoms with Crippen molar-refractivity contribution in [2.45, 2.75) is 19.8 Å². The second-order valence-corrected chi connectivity index (χ2v) is 4.67. The molecule has 4 heteroatoms. The number of hydrogen-bond donors (Lipinski definition) is 0. The standard InChI is InChI=1S/C13H12Cl2N2/c1-9-8-12(17-13(15)16-9)7-4-10-2-5-11(14)6-3-10/h2-3,5-6,8H,4,7H2,1H3. The van der Waals surface area contributed by atoms with Crippen molar-refractivity contribution in [2.24, 2.45) is 0 Å². The Morgan fingerprint density at radius 1 is 1.00 bits per heavy atom. The first-order chi connectivity index (χ1) is 8.13. The predicted octanol–water partition coefficient (Wildman–Crippen LogP) is 3.88. The van der Waals surface area contributed by atoms with Gasteiger partial charge in [0.1, 0.15) is 0 Å². The molecule has 0 N–H and O–H groups in total. The smallest absolute Gasteiger partial charge is 0.222 e. The lowest BCUT2D eigenvalue weighted by atomic mass is 10.1. The van der Waals surface area contributed by atoms with Crippen molar-refractivity contribution in [3.63, 3.8) is 0 Å². The Bertz CT molecular complexity index is 489. The fourth-order valence-electron chi connectivity index (χ4n) is 1.65. The summed E-state index contributed by atoms with van der Waals surface area (Å²) in [5.41, 5.74) is 3.11. The molecule has 0 spiro atoms. The molecule has 2 rings (SSSR count). The third-order valence-corrected chi connectivity index (χ3v) is 2.88. The highest BCUT2D eigenvalue weighted by Crippen LogP contribution is 2.12. The van der Waals surface area contributed by atoms with Gasteiger partial charge < -0.3 is 0 Å². The largest absolute Gasteiger partial charge is 0.223 e. The maximum Gasteiger partial charge on any atom is 0.222 e. The summed E-state index contributed by atoms with van der Waals surface area (Å²) in [6.45, 7) is 1.92. The molecule has 1 heterocycles. The van der Waals surface area contributed by atoms with E-state index in [4.69, 9.17) is 23.2 Å². The predicted molar refractivity (Wildman–Crippen MR) is 70.6 cm³/mol. The van der Waals surface area contributed by atoms with Crippen LogP contribution in [-0.4, -0.2) is 9.97 Å². The van der Waals surface area contributed by atoms with E-state index in [0.717, 1.165) is 29.3 Å². The summed E-state index contributed by atoms with van der Waals surface area (Å²) in [7, 11) is 0. The Hall–Kier alpha value is -1.12. The Morgan fingerprint density at radius 2 is 1.71 bits per heavy atom. The SMILES string of the molecule is Cc1cc(CCc2ccc(Cl)cc2)nc(Cl)n1. The lowest BCUT2D eigenvalue weighted by molar-refractivity contribution is 0.892. The number of nitrogens with zero attached hydrogens (tertiary/aromatic N) is 2. The molecule has 17 heavy (non-hydrogen) atoms. The molecule has 0 fully saturated rings. The van der Waals surface area contributed by atoms with E-state index in [-0.39, 0.29) is 0 Å². The first-order valence-corrected chi connectivity index (χ1v) is 6.13. The van der Waals surface area contributed by atoms with Crippen LogP contribution >= 0.6 is 23.2 Å². The lowest BCUT2D eigenvalue weighted by Gasteiger charge is -2.03. The van der Waals surface area contributed by atoms with Crippen molar-refractivity contribution >= 4 is 23.2 Å². The summed E-state index contributed by atoms with van der Waals surface area (Å²) < 4.78 is 0. The van der Waals surface area contributed by atoms with Gasteiger partial charge in [-0.05, 0) is 55.1 Å². The Balaban J connectivity index is 2.04. The van der Waals surface area contributed by atoms with Gasteiger partial charge in [0.25, 0.3) is 0 Å². The quantitative estimate of drug-likeness (QED) is 0.789. The molecule has 2 aromatic rings. The average molecular weight is 267 g/mol. The van der Waals surface area contributed by atoms with E-state index < -0.39 is 0 Å². The minimum Gasteiger partial charge on any atom is -0.223 e. The molecule has 0 saturated carbocycles. The van der Waals surface area contributed by atoms with Crippen molar-refractivity contribution < 1.29 is 0 Å². The van der Waals surface area contributed by atoms with E-state index in [1.807, 2.05) is 37.3 Å². The number of aromatic nitrogens is 2. The van der Waals surface area contributed by atoms with E-state index in [9.17, 15) is 0 Å². The van der Waals surface area contributed by atoms with Crippen LogP contribution in [0, 0.1) is 6.92 Å². The van der Waals surface area contributed by atoms with Crippen molar-refractivity contribution in [2.75, 3.05) is 0 Å². The van der Waals surface area contributed by atoms with E-state index >= 15 is 0 Å². The average Bonchev–Trinajstić information content (AvgIpc) is 2.27. The molecule has 1 aromatic carbocycles. The van der Waals surface area contributed by atoms with E-state index in [1.165, 1.54) is 5.56 Å². The van der Waals surface area contributed by atoms with Gasteiger partial charge in [0.15, 0.2) is 0 Å². The number of benzene rings is 1. The van der Waals surface area contributed by atoms with E-state index in [0.29, 0.717) is 5.28 Å². The fourth-order valence-corrected chi connectivity index (χ4v) is 2.01. The van der Waals surface area contributed by atoms with Gasteiger partial charge in [0.2, 0.25) is 5.28 Å². The molecule has 0 aliphatic rings. The number of aryl methyl sites for hydroxylation is 3. The second kappa shape index (κ2) is 5.48. The molecule has 0 saturated heterocycles. The van der Waals surface area contributed by atoms with Gasteiger partial charge in [0.05, 0.1) is 0 Å². The summed E-state index contributed by atoms with van der Waals surface area (Å²) >= 11 is 11.6. The monoisotopic (exact) mass is 266 g/mol. The molecule has 0 atom stereocenters. The van der Waals surface area contributed by atoms with Crippen LogP contribution < -0.4 is 0 Å². The molecule has 1 aromatic heterocycles. The van der Waals surface area contributed by atoms with Crippen LogP contribution in [0.4, 0.5) is 0 Å². The van der Waals surface area contributed by atoms with Gasteiger partial charge in [-0.25, -0.2) is 9.97 Å². The van der Waals surface area contributed by atoms with Gasteiger partial charge in [-0.15, -0.1) is 0 Å². The summed E-state index contributed by atoms with van der Waals surface area (Å²) in [6, 6.07) is 9.81. The molecular formula is C13H12Cl2N2. The van der Waals surface area contributed by atoms with Gasteiger partial charge in [-0.3, -0.25) is 0 Å². The molecular weight excluding hydrogens is 255 g/mol. The third-order valence-electron chi connectivity index (χ3n) is 2.46. The zero-order valence-corrected chi connectivity index (χ0v) is 11.0. The van der Waals surface area contributed by atoms with Crippen molar-refractivity contribution in [3.8, 4) is 0 Å². The Morgan fingerprint density at radius 3 is 2.35 bits per heavy atom. The number of hydrogen-bond acceptors (Lipinski definition) is 2. The molecule has 0 radical (unpaired) electrons. The highest BCUT2D eigenvalue weighted by molar-refractivity contribution is 6.30. The first kappa shape index (κ1) is 12.3. The summed E-state index contributed by atoms with van der Waals surface area (Å²) in [5, 5.41) is 1.07. The molecule has 0 aliphatic heterocycles. The maximum absolute atomic E-state index is 5.83. The van der Waals surface area contributed by atoms with Crippen LogP contribution in [0.5, 0.6) is 0 Å². The van der Waals surface area contributed by atoms with Gasteiger partial charge >= 0.3 is 0 Å². The normalized spacial score (nSPS) is 10.5. The molecule has 88 valence electrons. The van der Waals surface area contributed by atoms with Crippen molar-refractivity contribution in [1.29, 1.82) is 0 Å². The summed E-state index contributed by atoms with van der Waals surface area (Å²) in [6.07, 6.45) is 1.77. The van der Waals surface area contributed by atoms with E-state index in [1.54, 1.807) is 0 Å². The topological polar surface area (TPSA) is 25.8 Å².